The van der Waals surface area contributed by atoms with Crippen LogP contribution in [0, 0.1) is 0 Å². The summed E-state index contributed by atoms with van der Waals surface area (Å²) in [6.07, 6.45) is 3.26. The predicted molar refractivity (Wildman–Crippen MR) is 99.4 cm³/mol. The Labute approximate surface area is 148 Å². The van der Waals surface area contributed by atoms with Gasteiger partial charge in [-0.05, 0) is 61.9 Å². The molecular formula is C20H23NO4. The fraction of sp³-hybridized carbons (Fsp3) is 0.250. The van der Waals surface area contributed by atoms with E-state index in [1.165, 1.54) is 6.08 Å². The van der Waals surface area contributed by atoms with Gasteiger partial charge in [-0.2, -0.15) is 0 Å². The molecule has 25 heavy (non-hydrogen) atoms. The van der Waals surface area contributed by atoms with Crippen molar-refractivity contribution in [3.05, 3.63) is 54.1 Å². The number of hydrogen-bond donors (Lipinski definition) is 1. The van der Waals surface area contributed by atoms with Crippen LogP contribution in [0.25, 0.3) is 6.08 Å². The third-order valence-corrected chi connectivity index (χ3v) is 3.34. The zero-order valence-electron chi connectivity index (χ0n) is 14.9. The second-order valence-electron chi connectivity index (χ2n) is 5.63. The molecule has 0 unspecified atom stereocenters. The summed E-state index contributed by atoms with van der Waals surface area (Å²) in [4.78, 5) is 12.0. The molecule has 0 saturated carbocycles. The highest BCUT2D eigenvalue weighted by Gasteiger charge is 2.07. The van der Waals surface area contributed by atoms with Crippen molar-refractivity contribution in [3.8, 4) is 17.2 Å². The van der Waals surface area contributed by atoms with Gasteiger partial charge in [-0.3, -0.25) is 4.79 Å². The Morgan fingerprint density at radius 2 is 1.72 bits per heavy atom. The van der Waals surface area contributed by atoms with Crippen LogP contribution in [0.2, 0.25) is 0 Å². The Kier molecular flexibility index (Phi) is 6.46. The number of benzene rings is 2. The number of nitrogens with one attached hydrogen (secondary N) is 1. The highest BCUT2D eigenvalue weighted by Crippen LogP contribution is 2.29. The average Bonchev–Trinajstić information content (AvgIpc) is 2.61. The van der Waals surface area contributed by atoms with Gasteiger partial charge in [-0.1, -0.05) is 6.07 Å². The molecule has 0 heterocycles. The molecule has 0 atom stereocenters. The summed E-state index contributed by atoms with van der Waals surface area (Å²) < 4.78 is 16.1. The second kappa shape index (κ2) is 8.78. The Morgan fingerprint density at radius 3 is 2.32 bits per heavy atom. The fourth-order valence-corrected chi connectivity index (χ4v) is 2.17. The number of rotatable bonds is 7. The third-order valence-electron chi connectivity index (χ3n) is 3.34. The van der Waals surface area contributed by atoms with Crippen molar-refractivity contribution < 1.29 is 19.0 Å². The van der Waals surface area contributed by atoms with Crippen LogP contribution in [-0.4, -0.2) is 26.2 Å². The zero-order valence-corrected chi connectivity index (χ0v) is 14.9. The van der Waals surface area contributed by atoms with E-state index in [-0.39, 0.29) is 12.0 Å². The van der Waals surface area contributed by atoms with Gasteiger partial charge in [-0.15, -0.1) is 0 Å². The van der Waals surface area contributed by atoms with Gasteiger partial charge in [0.2, 0.25) is 5.91 Å². The van der Waals surface area contributed by atoms with Gasteiger partial charge >= 0.3 is 0 Å². The monoisotopic (exact) mass is 341 g/mol. The zero-order chi connectivity index (χ0) is 18.2. The van der Waals surface area contributed by atoms with Gasteiger partial charge in [0.05, 0.1) is 20.3 Å². The number of amides is 1. The van der Waals surface area contributed by atoms with Crippen molar-refractivity contribution >= 4 is 17.7 Å². The first-order chi connectivity index (χ1) is 12.0. The van der Waals surface area contributed by atoms with E-state index in [4.69, 9.17) is 14.2 Å². The molecule has 0 bridgehead atoms. The molecule has 0 fully saturated rings. The minimum Gasteiger partial charge on any atom is -0.497 e. The first kappa shape index (κ1) is 18.4. The Hall–Kier alpha value is -2.95. The Bertz CT molecular complexity index is 736. The van der Waals surface area contributed by atoms with Crippen LogP contribution in [0.3, 0.4) is 0 Å². The van der Waals surface area contributed by atoms with Crippen LogP contribution in [0.1, 0.15) is 19.4 Å². The highest BCUT2D eigenvalue weighted by atomic mass is 16.5. The average molecular weight is 341 g/mol. The fourth-order valence-electron chi connectivity index (χ4n) is 2.17. The van der Waals surface area contributed by atoms with Crippen molar-refractivity contribution in [1.29, 1.82) is 0 Å². The lowest BCUT2D eigenvalue weighted by Gasteiger charge is -2.13. The molecule has 2 aromatic carbocycles. The maximum absolute atomic E-state index is 12.0. The maximum atomic E-state index is 12.0. The molecule has 5 heteroatoms. The molecule has 0 radical (unpaired) electrons. The molecule has 5 nitrogen and oxygen atoms in total. The predicted octanol–water partition coefficient (Wildman–Crippen LogP) is 4.14. The number of ether oxygens (including phenoxy) is 3. The number of hydrogen-bond acceptors (Lipinski definition) is 4. The van der Waals surface area contributed by atoms with Crippen LogP contribution >= 0.6 is 0 Å². The van der Waals surface area contributed by atoms with E-state index >= 15 is 0 Å². The first-order valence-corrected chi connectivity index (χ1v) is 7.99. The van der Waals surface area contributed by atoms with Crippen LogP contribution in [-0.2, 0) is 4.79 Å². The summed E-state index contributed by atoms with van der Waals surface area (Å²) in [5.74, 6) is 1.83. The van der Waals surface area contributed by atoms with Crippen molar-refractivity contribution in [2.75, 3.05) is 19.5 Å². The quantitative estimate of drug-likeness (QED) is 0.769. The minimum absolute atomic E-state index is 0.0607. The van der Waals surface area contributed by atoms with E-state index in [0.717, 1.165) is 11.3 Å². The summed E-state index contributed by atoms with van der Waals surface area (Å²) >= 11 is 0. The van der Waals surface area contributed by atoms with Crippen molar-refractivity contribution in [1.82, 2.24) is 0 Å². The lowest BCUT2D eigenvalue weighted by molar-refractivity contribution is -0.111. The summed E-state index contributed by atoms with van der Waals surface area (Å²) in [6, 6.07) is 12.7. The molecule has 2 aromatic rings. The first-order valence-electron chi connectivity index (χ1n) is 7.99. The van der Waals surface area contributed by atoms with E-state index in [9.17, 15) is 4.79 Å². The molecule has 132 valence electrons. The van der Waals surface area contributed by atoms with E-state index in [2.05, 4.69) is 5.32 Å². The van der Waals surface area contributed by atoms with Crippen LogP contribution in [0.4, 0.5) is 5.69 Å². The standard InChI is InChI=1S/C20H23NO4/c1-14(2)25-18-11-5-15(13-19(18)24-4)6-12-20(22)21-16-7-9-17(23-3)10-8-16/h5-14H,1-4H3,(H,21,22). The van der Waals surface area contributed by atoms with Gasteiger partial charge in [0.1, 0.15) is 5.75 Å². The molecule has 0 spiro atoms. The SMILES string of the molecule is COc1ccc(NC(=O)C=Cc2ccc(OC(C)C)c(OC)c2)cc1. The number of carbonyl (C=O) groups is 1. The molecule has 0 saturated heterocycles. The summed E-state index contributed by atoms with van der Waals surface area (Å²) in [5, 5.41) is 2.79. The summed E-state index contributed by atoms with van der Waals surface area (Å²) in [6.45, 7) is 3.91. The largest absolute Gasteiger partial charge is 0.497 e. The lowest BCUT2D eigenvalue weighted by Crippen LogP contribution is -2.07. The van der Waals surface area contributed by atoms with Crippen molar-refractivity contribution in [3.63, 3.8) is 0 Å². The van der Waals surface area contributed by atoms with E-state index in [1.54, 1.807) is 44.6 Å². The maximum Gasteiger partial charge on any atom is 0.248 e. The summed E-state index contributed by atoms with van der Waals surface area (Å²) in [7, 11) is 3.19. The van der Waals surface area contributed by atoms with E-state index < -0.39 is 0 Å². The van der Waals surface area contributed by atoms with Gasteiger partial charge in [-0.25, -0.2) is 0 Å². The minimum atomic E-state index is -0.216. The van der Waals surface area contributed by atoms with Crippen molar-refractivity contribution in [2.24, 2.45) is 0 Å². The van der Waals surface area contributed by atoms with Crippen LogP contribution in [0.15, 0.2) is 48.5 Å². The molecule has 1 amide bonds. The van der Waals surface area contributed by atoms with E-state index in [0.29, 0.717) is 17.2 Å². The molecule has 1 N–H and O–H groups in total. The van der Waals surface area contributed by atoms with Gasteiger partial charge in [0.25, 0.3) is 0 Å². The normalized spacial score (nSPS) is 10.8. The molecule has 0 aliphatic heterocycles. The molecule has 0 aromatic heterocycles. The van der Waals surface area contributed by atoms with Gasteiger partial charge < -0.3 is 19.5 Å². The van der Waals surface area contributed by atoms with Crippen LogP contribution in [0.5, 0.6) is 17.2 Å². The van der Waals surface area contributed by atoms with Crippen LogP contribution < -0.4 is 19.5 Å². The smallest absolute Gasteiger partial charge is 0.248 e. The molecule has 0 aliphatic carbocycles. The second-order valence-corrected chi connectivity index (χ2v) is 5.63. The number of anilines is 1. The van der Waals surface area contributed by atoms with Gasteiger partial charge in [0, 0.05) is 11.8 Å². The van der Waals surface area contributed by atoms with Crippen molar-refractivity contribution in [2.45, 2.75) is 20.0 Å². The number of carbonyl (C=O) groups excluding carboxylic acids is 1. The molecule has 0 aliphatic rings. The Balaban J connectivity index is 2.03. The lowest BCUT2D eigenvalue weighted by atomic mass is 10.2. The third kappa shape index (κ3) is 5.57. The van der Waals surface area contributed by atoms with Gasteiger partial charge in [0.15, 0.2) is 11.5 Å². The molecule has 2 rings (SSSR count). The Morgan fingerprint density at radius 1 is 1.00 bits per heavy atom. The summed E-state index contributed by atoms with van der Waals surface area (Å²) in [5.41, 5.74) is 1.55. The highest BCUT2D eigenvalue weighted by molar-refractivity contribution is 6.01. The number of methoxy groups -OCH3 is 2. The topological polar surface area (TPSA) is 56.8 Å². The molecular weight excluding hydrogens is 318 g/mol. The van der Waals surface area contributed by atoms with E-state index in [1.807, 2.05) is 32.0 Å².